The monoisotopic (exact) mass is 632 g/mol. The molecule has 2 aliphatic rings. The van der Waals surface area contributed by atoms with Crippen LogP contribution in [-0.4, -0.2) is 91.1 Å². The molecule has 1 saturated heterocycles. The lowest BCUT2D eigenvalue weighted by atomic mass is 9.58. The van der Waals surface area contributed by atoms with Gasteiger partial charge >= 0.3 is 6.18 Å². The average Bonchev–Trinajstić information content (AvgIpc) is 2.96. The van der Waals surface area contributed by atoms with Crippen LogP contribution in [0.2, 0.25) is 0 Å². The average molecular weight is 633 g/mol. The summed E-state index contributed by atoms with van der Waals surface area (Å²) < 4.78 is 44.2. The molecule has 2 fully saturated rings. The summed E-state index contributed by atoms with van der Waals surface area (Å²) in [7, 11) is 3.81. The van der Waals surface area contributed by atoms with Crippen molar-refractivity contribution in [3.63, 3.8) is 0 Å². The van der Waals surface area contributed by atoms with E-state index in [1.807, 2.05) is 32.9 Å². The number of anilines is 4. The molecular weight excluding hydrogens is 585 g/mol. The number of nitrogens with zero attached hydrogens (tertiary/aromatic N) is 5. The normalized spacial score (nSPS) is 17.5. The molecule has 2 aromatic rings. The van der Waals surface area contributed by atoms with Crippen molar-refractivity contribution >= 4 is 35.0 Å². The van der Waals surface area contributed by atoms with Crippen LogP contribution in [0.5, 0.6) is 0 Å². The van der Waals surface area contributed by atoms with Crippen LogP contribution in [0.4, 0.5) is 36.3 Å². The standard InChI is InChI=1S/C32H47F3N8O2/c1-6-22-19-23(43-17-15-41(4)16-18-43)9-10-25(22)39-30-38-20-24(26(32(33,34)35)31(29(36)45)11-7-12-31)27(40-30)37-13-8-14-42(5)28(44)21(2)3/h9-10,19-21,26H,6-8,11-18H2,1-5H3,(H2,36,45)(H2,37,38,39,40). The molecule has 1 aliphatic carbocycles. The van der Waals surface area contributed by atoms with E-state index in [1.165, 1.54) is 0 Å². The number of carbonyl (C=O) groups is 2. The molecule has 13 heteroatoms. The van der Waals surface area contributed by atoms with Crippen LogP contribution in [0.25, 0.3) is 0 Å². The quantitative estimate of drug-likeness (QED) is 0.271. The second kappa shape index (κ2) is 14.2. The first-order valence-corrected chi connectivity index (χ1v) is 15.8. The summed E-state index contributed by atoms with van der Waals surface area (Å²) in [6, 6.07) is 6.11. The van der Waals surface area contributed by atoms with E-state index in [0.29, 0.717) is 19.4 Å². The molecule has 2 heterocycles. The molecule has 4 N–H and O–H groups in total. The van der Waals surface area contributed by atoms with Crippen molar-refractivity contribution in [3.8, 4) is 0 Å². The Morgan fingerprint density at radius 2 is 1.84 bits per heavy atom. The SMILES string of the molecule is CCc1cc(N2CCN(C)CC2)ccc1Nc1ncc(C(C(F)(F)F)C2(C(N)=O)CCC2)c(NCCCN(C)C(=O)C(C)C)n1. The molecule has 1 aromatic carbocycles. The van der Waals surface area contributed by atoms with Gasteiger partial charge in [-0.3, -0.25) is 9.59 Å². The van der Waals surface area contributed by atoms with Gasteiger partial charge in [0.05, 0.1) is 11.3 Å². The lowest BCUT2D eigenvalue weighted by Crippen LogP contribution is -2.52. The fourth-order valence-corrected chi connectivity index (χ4v) is 6.28. The minimum absolute atomic E-state index is 0.00713. The van der Waals surface area contributed by atoms with E-state index in [1.54, 1.807) is 11.9 Å². The summed E-state index contributed by atoms with van der Waals surface area (Å²) >= 11 is 0. The molecule has 1 aliphatic heterocycles. The number of nitrogens with one attached hydrogen (secondary N) is 2. The van der Waals surface area contributed by atoms with E-state index in [2.05, 4.69) is 43.5 Å². The van der Waals surface area contributed by atoms with Crippen LogP contribution < -0.4 is 21.3 Å². The minimum atomic E-state index is -4.75. The third-order valence-electron chi connectivity index (χ3n) is 9.16. The van der Waals surface area contributed by atoms with Gasteiger partial charge in [-0.15, -0.1) is 0 Å². The molecule has 45 heavy (non-hydrogen) atoms. The van der Waals surface area contributed by atoms with Gasteiger partial charge in [-0.1, -0.05) is 27.2 Å². The number of likely N-dealkylation sites (N-methyl/N-ethyl adjacent to an activating group) is 1. The lowest BCUT2D eigenvalue weighted by molar-refractivity contribution is -0.193. The predicted molar refractivity (Wildman–Crippen MR) is 171 cm³/mol. The zero-order chi connectivity index (χ0) is 32.9. The van der Waals surface area contributed by atoms with Crippen molar-refractivity contribution in [2.75, 3.05) is 68.9 Å². The number of aromatic nitrogens is 2. The van der Waals surface area contributed by atoms with Crippen LogP contribution in [0.1, 0.15) is 63.5 Å². The summed E-state index contributed by atoms with van der Waals surface area (Å²) in [5.74, 6) is -3.16. The van der Waals surface area contributed by atoms with Crippen molar-refractivity contribution in [2.45, 2.75) is 65.0 Å². The van der Waals surface area contributed by atoms with Gasteiger partial charge in [0.15, 0.2) is 0 Å². The largest absolute Gasteiger partial charge is 0.396 e. The lowest BCUT2D eigenvalue weighted by Gasteiger charge is -2.45. The Bertz CT molecular complexity index is 1340. The number of hydrogen-bond acceptors (Lipinski definition) is 8. The van der Waals surface area contributed by atoms with Crippen LogP contribution >= 0.6 is 0 Å². The molecule has 10 nitrogen and oxygen atoms in total. The Labute approximate surface area is 263 Å². The number of alkyl halides is 3. The van der Waals surface area contributed by atoms with E-state index in [4.69, 9.17) is 5.73 Å². The second-order valence-electron chi connectivity index (χ2n) is 12.7. The van der Waals surface area contributed by atoms with Gasteiger partial charge in [0, 0.05) is 75.4 Å². The van der Waals surface area contributed by atoms with Gasteiger partial charge in [-0.05, 0) is 56.5 Å². The third-order valence-corrected chi connectivity index (χ3v) is 9.16. The summed E-state index contributed by atoms with van der Waals surface area (Å²) in [6.45, 7) is 10.2. The molecule has 248 valence electrons. The number of amides is 2. The molecule has 1 saturated carbocycles. The van der Waals surface area contributed by atoms with E-state index < -0.39 is 23.4 Å². The summed E-state index contributed by atoms with van der Waals surface area (Å²) in [5.41, 5.74) is 6.57. The fourth-order valence-electron chi connectivity index (χ4n) is 6.28. The molecule has 1 unspecified atom stereocenters. The molecule has 0 radical (unpaired) electrons. The maximum absolute atomic E-state index is 14.7. The van der Waals surface area contributed by atoms with Gasteiger partial charge in [-0.25, -0.2) is 4.98 Å². The first kappa shape index (κ1) is 34.3. The third kappa shape index (κ3) is 7.79. The van der Waals surface area contributed by atoms with Crippen molar-refractivity contribution in [3.05, 3.63) is 35.5 Å². The number of nitrogens with two attached hydrogens (primary N) is 1. The Morgan fingerprint density at radius 3 is 2.40 bits per heavy atom. The highest BCUT2D eigenvalue weighted by Crippen LogP contribution is 2.58. The minimum Gasteiger partial charge on any atom is -0.370 e. The van der Waals surface area contributed by atoms with Crippen molar-refractivity contribution in [1.82, 2.24) is 19.8 Å². The summed E-state index contributed by atoms with van der Waals surface area (Å²) in [4.78, 5) is 39.8. The Kier molecular flexibility index (Phi) is 10.8. The molecule has 2 amide bonds. The molecule has 4 rings (SSSR count). The van der Waals surface area contributed by atoms with E-state index in [0.717, 1.165) is 55.7 Å². The van der Waals surface area contributed by atoms with Crippen molar-refractivity contribution in [2.24, 2.45) is 17.1 Å². The maximum atomic E-state index is 14.7. The zero-order valence-electron chi connectivity index (χ0n) is 27.0. The molecular formula is C32H47F3N8O2. The Morgan fingerprint density at radius 1 is 1.16 bits per heavy atom. The van der Waals surface area contributed by atoms with E-state index in [-0.39, 0.29) is 48.5 Å². The van der Waals surface area contributed by atoms with Crippen LogP contribution in [0, 0.1) is 11.3 Å². The number of halogens is 3. The van der Waals surface area contributed by atoms with Crippen LogP contribution in [-0.2, 0) is 16.0 Å². The van der Waals surface area contributed by atoms with Gasteiger partial charge in [-0.2, -0.15) is 18.2 Å². The summed E-state index contributed by atoms with van der Waals surface area (Å²) in [5, 5.41) is 6.28. The molecule has 0 spiro atoms. The Hall–Kier alpha value is -3.61. The van der Waals surface area contributed by atoms with E-state index in [9.17, 15) is 22.8 Å². The van der Waals surface area contributed by atoms with Crippen LogP contribution in [0.3, 0.4) is 0 Å². The Balaban J connectivity index is 1.63. The number of aryl methyl sites for hydroxylation is 1. The highest BCUT2D eigenvalue weighted by atomic mass is 19.4. The molecule has 1 aromatic heterocycles. The molecule has 1 atom stereocenters. The second-order valence-corrected chi connectivity index (χ2v) is 12.7. The molecule has 0 bridgehead atoms. The van der Waals surface area contributed by atoms with Crippen molar-refractivity contribution in [1.29, 1.82) is 0 Å². The van der Waals surface area contributed by atoms with Gasteiger partial charge in [0.1, 0.15) is 5.82 Å². The van der Waals surface area contributed by atoms with E-state index >= 15 is 0 Å². The number of benzene rings is 1. The van der Waals surface area contributed by atoms with Gasteiger partial charge in [0.25, 0.3) is 0 Å². The smallest absolute Gasteiger partial charge is 0.370 e. The maximum Gasteiger partial charge on any atom is 0.396 e. The van der Waals surface area contributed by atoms with Gasteiger partial charge < -0.3 is 31.1 Å². The zero-order valence-corrected chi connectivity index (χ0v) is 27.0. The number of hydrogen-bond donors (Lipinski definition) is 3. The first-order valence-electron chi connectivity index (χ1n) is 15.8. The highest BCUT2D eigenvalue weighted by Gasteiger charge is 2.61. The number of rotatable bonds is 13. The van der Waals surface area contributed by atoms with Crippen LogP contribution in [0.15, 0.2) is 24.4 Å². The number of piperazine rings is 1. The van der Waals surface area contributed by atoms with Crippen molar-refractivity contribution < 1.29 is 22.8 Å². The van der Waals surface area contributed by atoms with Gasteiger partial charge in [0.2, 0.25) is 17.8 Å². The highest BCUT2D eigenvalue weighted by molar-refractivity contribution is 5.83. The fraction of sp³-hybridized carbons (Fsp3) is 0.625. The number of carbonyl (C=O) groups excluding carboxylic acids is 2. The predicted octanol–water partition coefficient (Wildman–Crippen LogP) is 4.75. The topological polar surface area (TPSA) is 120 Å². The summed E-state index contributed by atoms with van der Waals surface area (Å²) in [6.07, 6.45) is -1.79. The first-order chi connectivity index (χ1) is 21.3. The number of primary amides is 1.